The van der Waals surface area contributed by atoms with E-state index in [1.165, 1.54) is 62.2 Å². The van der Waals surface area contributed by atoms with Gasteiger partial charge in [-0.1, -0.05) is 37.8 Å². The molecule has 2 nitrogen and oxygen atoms in total. The Hall–Kier alpha value is 0.170. The summed E-state index contributed by atoms with van der Waals surface area (Å²) in [4.78, 5) is 0. The molecule has 18 heavy (non-hydrogen) atoms. The van der Waals surface area contributed by atoms with E-state index in [9.17, 15) is 0 Å². The maximum absolute atomic E-state index is 9.12. The molecule has 0 heterocycles. The molecule has 1 fully saturated rings. The summed E-state index contributed by atoms with van der Waals surface area (Å²) in [6.07, 6.45) is 9.96. The maximum atomic E-state index is 9.12. The number of oxime groups is 1. The van der Waals surface area contributed by atoms with E-state index in [0.29, 0.717) is 5.25 Å². The molecule has 1 saturated carbocycles. The molecular weight excluding hydrogens is 262 g/mol. The van der Waals surface area contributed by atoms with Crippen molar-refractivity contribution in [2.45, 2.75) is 63.5 Å². The monoisotopic (exact) mass is 289 g/mol. The van der Waals surface area contributed by atoms with Crippen molar-refractivity contribution in [1.82, 2.24) is 0 Å². The molecule has 1 atom stereocenters. The van der Waals surface area contributed by atoms with E-state index >= 15 is 0 Å². The van der Waals surface area contributed by atoms with Crippen LogP contribution in [-0.2, 0) is 0 Å². The smallest absolute Gasteiger partial charge is 0.0700 e. The van der Waals surface area contributed by atoms with Crippen molar-refractivity contribution in [1.29, 1.82) is 0 Å². The molecular formula is C14H27NOS2. The lowest BCUT2D eigenvalue weighted by Crippen LogP contribution is -2.20. The van der Waals surface area contributed by atoms with E-state index in [1.54, 1.807) is 0 Å². The summed E-state index contributed by atoms with van der Waals surface area (Å²) < 4.78 is 0. The summed E-state index contributed by atoms with van der Waals surface area (Å²) in [5.41, 5.74) is 1.04. The topological polar surface area (TPSA) is 32.6 Å². The number of nitrogens with zero attached hydrogens (tertiary/aromatic N) is 1. The molecule has 1 rings (SSSR count). The van der Waals surface area contributed by atoms with Crippen LogP contribution in [0.5, 0.6) is 0 Å². The summed E-state index contributed by atoms with van der Waals surface area (Å²) in [5, 5.41) is 13.1. The van der Waals surface area contributed by atoms with Crippen molar-refractivity contribution in [2.75, 3.05) is 17.3 Å². The molecule has 1 aliphatic carbocycles. The lowest BCUT2D eigenvalue weighted by molar-refractivity contribution is 0.315. The largest absolute Gasteiger partial charge is 0.411 e. The van der Waals surface area contributed by atoms with Gasteiger partial charge in [0.25, 0.3) is 0 Å². The number of rotatable bonds is 7. The van der Waals surface area contributed by atoms with E-state index in [4.69, 9.17) is 5.21 Å². The van der Waals surface area contributed by atoms with Crippen LogP contribution in [0.25, 0.3) is 0 Å². The van der Waals surface area contributed by atoms with Crippen LogP contribution in [0.2, 0.25) is 0 Å². The van der Waals surface area contributed by atoms with E-state index in [-0.39, 0.29) is 0 Å². The van der Waals surface area contributed by atoms with Crippen molar-refractivity contribution < 1.29 is 5.21 Å². The minimum Gasteiger partial charge on any atom is -0.411 e. The second-order valence-electron chi connectivity index (χ2n) is 4.87. The van der Waals surface area contributed by atoms with Crippen LogP contribution >= 0.6 is 23.5 Å². The molecule has 1 unspecified atom stereocenters. The van der Waals surface area contributed by atoms with E-state index in [1.807, 2.05) is 11.8 Å². The number of unbranched alkanes of at least 4 members (excludes halogenated alkanes) is 1. The summed E-state index contributed by atoms with van der Waals surface area (Å²) in [5.74, 6) is 3.72. The Labute approximate surface area is 120 Å². The zero-order valence-electron chi connectivity index (χ0n) is 11.6. The fourth-order valence-corrected chi connectivity index (χ4v) is 4.74. The van der Waals surface area contributed by atoms with Gasteiger partial charge in [-0.3, -0.25) is 0 Å². The minimum absolute atomic E-state index is 0.474. The molecule has 0 aromatic rings. The van der Waals surface area contributed by atoms with Crippen molar-refractivity contribution in [3.63, 3.8) is 0 Å². The molecule has 0 amide bonds. The molecule has 106 valence electrons. The summed E-state index contributed by atoms with van der Waals surface area (Å²) in [6, 6.07) is 0. The van der Waals surface area contributed by atoms with Gasteiger partial charge in [-0.25, -0.2) is 0 Å². The van der Waals surface area contributed by atoms with Crippen LogP contribution in [-0.4, -0.2) is 33.4 Å². The van der Waals surface area contributed by atoms with Crippen LogP contribution in [0.4, 0.5) is 0 Å². The van der Waals surface area contributed by atoms with Crippen LogP contribution in [0, 0.1) is 0 Å². The molecule has 1 aliphatic rings. The van der Waals surface area contributed by atoms with Gasteiger partial charge in [0.15, 0.2) is 0 Å². The third kappa shape index (κ3) is 6.93. The van der Waals surface area contributed by atoms with Crippen LogP contribution in [0.3, 0.4) is 0 Å². The first-order chi connectivity index (χ1) is 8.88. The molecule has 0 aromatic heterocycles. The van der Waals surface area contributed by atoms with Gasteiger partial charge >= 0.3 is 0 Å². The van der Waals surface area contributed by atoms with E-state index < -0.39 is 0 Å². The summed E-state index contributed by atoms with van der Waals surface area (Å²) in [7, 11) is 0. The molecule has 0 bridgehead atoms. The van der Waals surface area contributed by atoms with Crippen LogP contribution in [0.1, 0.15) is 58.3 Å². The molecule has 0 saturated heterocycles. The van der Waals surface area contributed by atoms with Gasteiger partial charge in [-0.05, 0) is 31.4 Å². The lowest BCUT2D eigenvalue weighted by Gasteiger charge is -2.20. The SMILES string of the molecule is CCCCSCCSC1CCCCCCC1=NO. The summed E-state index contributed by atoms with van der Waals surface area (Å²) in [6.45, 7) is 2.24. The summed E-state index contributed by atoms with van der Waals surface area (Å²) >= 11 is 4.06. The predicted molar refractivity (Wildman–Crippen MR) is 85.4 cm³/mol. The van der Waals surface area contributed by atoms with Gasteiger partial charge in [-0.2, -0.15) is 23.5 Å². The van der Waals surface area contributed by atoms with Crippen LogP contribution in [0.15, 0.2) is 5.16 Å². The average molecular weight is 290 g/mol. The van der Waals surface area contributed by atoms with Crippen LogP contribution < -0.4 is 0 Å². The quantitative estimate of drug-likeness (QED) is 0.415. The number of hydrogen-bond donors (Lipinski definition) is 1. The Morgan fingerprint density at radius 3 is 2.78 bits per heavy atom. The minimum atomic E-state index is 0.474. The van der Waals surface area contributed by atoms with E-state index in [2.05, 4.69) is 23.8 Å². The van der Waals surface area contributed by atoms with Crippen molar-refractivity contribution >= 4 is 29.2 Å². The van der Waals surface area contributed by atoms with Gasteiger partial charge in [0.2, 0.25) is 0 Å². The molecule has 4 heteroatoms. The Morgan fingerprint density at radius 1 is 1.17 bits per heavy atom. The highest BCUT2D eigenvalue weighted by molar-refractivity contribution is 8.03. The first kappa shape index (κ1) is 16.2. The van der Waals surface area contributed by atoms with Crippen molar-refractivity contribution in [3.8, 4) is 0 Å². The van der Waals surface area contributed by atoms with E-state index in [0.717, 1.165) is 12.1 Å². The second-order valence-corrected chi connectivity index (χ2v) is 7.40. The number of hydrogen-bond acceptors (Lipinski definition) is 4. The third-order valence-electron chi connectivity index (χ3n) is 3.34. The highest BCUT2D eigenvalue weighted by Crippen LogP contribution is 2.26. The number of thioether (sulfide) groups is 2. The molecule has 1 N–H and O–H groups in total. The normalized spacial score (nSPS) is 23.8. The Bertz CT molecular complexity index is 234. The van der Waals surface area contributed by atoms with Gasteiger partial charge < -0.3 is 5.21 Å². The highest BCUT2D eigenvalue weighted by Gasteiger charge is 2.18. The van der Waals surface area contributed by atoms with Gasteiger partial charge in [0.05, 0.1) is 5.71 Å². The third-order valence-corrected chi connectivity index (χ3v) is 6.02. The maximum Gasteiger partial charge on any atom is 0.0700 e. The Balaban J connectivity index is 2.19. The van der Waals surface area contributed by atoms with Gasteiger partial charge in [0, 0.05) is 16.8 Å². The molecule has 0 radical (unpaired) electrons. The zero-order chi connectivity index (χ0) is 13.1. The zero-order valence-corrected chi connectivity index (χ0v) is 13.2. The standard InChI is InChI=1S/C14H27NOS2/c1-2-3-10-17-11-12-18-14-9-7-5-4-6-8-13(14)15-16/h14,16H,2-12H2,1H3. The van der Waals surface area contributed by atoms with Crippen molar-refractivity contribution in [3.05, 3.63) is 0 Å². The Morgan fingerprint density at radius 2 is 2.00 bits per heavy atom. The first-order valence-corrected chi connectivity index (χ1v) is 9.49. The average Bonchev–Trinajstić information content (AvgIpc) is 2.36. The molecule has 0 aromatic carbocycles. The highest BCUT2D eigenvalue weighted by atomic mass is 32.2. The molecule has 0 aliphatic heterocycles. The van der Waals surface area contributed by atoms with Gasteiger partial charge in [-0.15, -0.1) is 0 Å². The predicted octanol–water partition coefficient (Wildman–Crippen LogP) is 4.81. The Kier molecular flexibility index (Phi) is 9.95. The van der Waals surface area contributed by atoms with Gasteiger partial charge in [0.1, 0.15) is 0 Å². The van der Waals surface area contributed by atoms with Crippen molar-refractivity contribution in [2.24, 2.45) is 5.16 Å². The lowest BCUT2D eigenvalue weighted by atomic mass is 9.99. The molecule has 0 spiro atoms. The first-order valence-electron chi connectivity index (χ1n) is 7.28. The fraction of sp³-hybridized carbons (Fsp3) is 0.929. The second kappa shape index (κ2) is 11.0. The fourth-order valence-electron chi connectivity index (χ4n) is 2.21.